The first-order chi connectivity index (χ1) is 11.7. The van der Waals surface area contributed by atoms with Gasteiger partial charge in [-0.05, 0) is 30.3 Å². The number of rotatable bonds is 3. The van der Waals surface area contributed by atoms with Gasteiger partial charge in [-0.15, -0.1) is 0 Å². The first-order valence-electron chi connectivity index (χ1n) is 6.96. The molecule has 1 N–H and O–H groups in total. The molecule has 4 rings (SSSR count). The lowest BCUT2D eigenvalue weighted by atomic mass is 10.3. The molecular formula is C16H9FN6S. The second kappa shape index (κ2) is 5.72. The Morgan fingerprint density at radius 2 is 2.21 bits per heavy atom. The molecule has 6 nitrogen and oxygen atoms in total. The second-order valence-corrected chi connectivity index (χ2v) is 5.95. The number of benzene rings is 1. The van der Waals surface area contributed by atoms with E-state index in [4.69, 9.17) is 5.26 Å². The van der Waals surface area contributed by atoms with Gasteiger partial charge in [0.25, 0.3) is 0 Å². The van der Waals surface area contributed by atoms with Crippen LogP contribution in [0.4, 0.5) is 15.2 Å². The fraction of sp³-hybridized carbons (Fsp3) is 0. The van der Waals surface area contributed by atoms with Crippen molar-refractivity contribution >= 4 is 32.4 Å². The Hall–Kier alpha value is -3.31. The molecule has 1 aromatic carbocycles. The van der Waals surface area contributed by atoms with Gasteiger partial charge in [0.15, 0.2) is 10.9 Å². The van der Waals surface area contributed by atoms with Crippen molar-refractivity contribution in [2.75, 3.05) is 5.32 Å². The molecule has 3 heterocycles. The number of thiazole rings is 1. The fourth-order valence-corrected chi connectivity index (χ4v) is 3.16. The first kappa shape index (κ1) is 14.3. The Balaban J connectivity index is 1.64. The van der Waals surface area contributed by atoms with Crippen molar-refractivity contribution in [1.29, 1.82) is 5.26 Å². The van der Waals surface area contributed by atoms with E-state index in [1.165, 1.54) is 28.2 Å². The van der Waals surface area contributed by atoms with E-state index in [2.05, 4.69) is 26.5 Å². The summed E-state index contributed by atoms with van der Waals surface area (Å²) >= 11 is 1.35. The molecule has 0 aliphatic heterocycles. The lowest BCUT2D eigenvalue weighted by Crippen LogP contribution is -2.00. The van der Waals surface area contributed by atoms with Gasteiger partial charge in [0.05, 0.1) is 33.9 Å². The molecule has 0 atom stereocenters. The van der Waals surface area contributed by atoms with Gasteiger partial charge in [0, 0.05) is 6.20 Å². The molecular weight excluding hydrogens is 327 g/mol. The Bertz CT molecular complexity index is 1080. The molecule has 116 valence electrons. The SMILES string of the molecule is N#Cc1cccnc1-n1cc(Nc2nc3ccc(F)cc3s2)cn1. The minimum Gasteiger partial charge on any atom is -0.329 e. The van der Waals surface area contributed by atoms with E-state index >= 15 is 0 Å². The van der Waals surface area contributed by atoms with Gasteiger partial charge in [-0.1, -0.05) is 11.3 Å². The summed E-state index contributed by atoms with van der Waals surface area (Å²) in [5.41, 5.74) is 1.86. The normalized spacial score (nSPS) is 10.7. The Morgan fingerprint density at radius 3 is 3.08 bits per heavy atom. The van der Waals surface area contributed by atoms with Crippen LogP contribution in [0, 0.1) is 17.1 Å². The van der Waals surface area contributed by atoms with Gasteiger partial charge < -0.3 is 5.32 Å². The molecule has 4 aromatic rings. The van der Waals surface area contributed by atoms with Crippen LogP contribution in [0.25, 0.3) is 16.0 Å². The monoisotopic (exact) mass is 336 g/mol. The van der Waals surface area contributed by atoms with Crippen LogP contribution in [0.1, 0.15) is 5.56 Å². The van der Waals surface area contributed by atoms with Crippen molar-refractivity contribution in [3.8, 4) is 11.9 Å². The van der Waals surface area contributed by atoms with Crippen LogP contribution < -0.4 is 5.32 Å². The standard InChI is InChI=1S/C16H9FN6S/c17-11-3-4-13-14(6-11)24-16(22-13)21-12-8-20-23(9-12)15-10(7-18)2-1-5-19-15/h1-6,8-9H,(H,21,22). The second-order valence-electron chi connectivity index (χ2n) is 4.92. The highest BCUT2D eigenvalue weighted by Crippen LogP contribution is 2.28. The van der Waals surface area contributed by atoms with Crippen LogP contribution in [0.15, 0.2) is 48.9 Å². The molecule has 0 unspecified atom stereocenters. The number of fused-ring (bicyclic) bond motifs is 1. The van der Waals surface area contributed by atoms with Crippen LogP contribution in [0.3, 0.4) is 0 Å². The predicted molar refractivity (Wildman–Crippen MR) is 88.9 cm³/mol. The van der Waals surface area contributed by atoms with Crippen LogP contribution in [0.2, 0.25) is 0 Å². The molecule has 0 amide bonds. The molecule has 24 heavy (non-hydrogen) atoms. The van der Waals surface area contributed by atoms with Gasteiger partial charge in [-0.3, -0.25) is 0 Å². The predicted octanol–water partition coefficient (Wildman–Crippen LogP) is 3.63. The zero-order chi connectivity index (χ0) is 16.5. The first-order valence-corrected chi connectivity index (χ1v) is 7.78. The molecule has 3 aromatic heterocycles. The maximum atomic E-state index is 13.2. The summed E-state index contributed by atoms with van der Waals surface area (Å²) in [4.78, 5) is 8.58. The van der Waals surface area contributed by atoms with E-state index in [-0.39, 0.29) is 5.82 Å². The molecule has 0 spiro atoms. The van der Waals surface area contributed by atoms with Gasteiger partial charge in [0.1, 0.15) is 11.9 Å². The molecule has 0 saturated carbocycles. The Morgan fingerprint density at radius 1 is 1.29 bits per heavy atom. The van der Waals surface area contributed by atoms with Crippen LogP contribution >= 0.6 is 11.3 Å². The van der Waals surface area contributed by atoms with E-state index in [1.54, 1.807) is 36.8 Å². The molecule has 8 heteroatoms. The molecule has 0 saturated heterocycles. The average molecular weight is 336 g/mol. The number of pyridine rings is 1. The number of nitrogens with zero attached hydrogens (tertiary/aromatic N) is 5. The summed E-state index contributed by atoms with van der Waals surface area (Å²) in [6.45, 7) is 0. The van der Waals surface area contributed by atoms with E-state index in [1.807, 2.05) is 0 Å². The number of halogens is 1. The van der Waals surface area contributed by atoms with Crippen molar-refractivity contribution in [1.82, 2.24) is 19.7 Å². The minimum atomic E-state index is -0.287. The number of anilines is 2. The van der Waals surface area contributed by atoms with Crippen molar-refractivity contribution < 1.29 is 4.39 Å². The van der Waals surface area contributed by atoms with Crippen LogP contribution in [0.5, 0.6) is 0 Å². The zero-order valence-corrected chi connectivity index (χ0v) is 13.0. The minimum absolute atomic E-state index is 0.287. The third kappa shape index (κ3) is 2.57. The summed E-state index contributed by atoms with van der Waals surface area (Å²) in [6, 6.07) is 9.94. The quantitative estimate of drug-likeness (QED) is 0.618. The number of nitrogens with one attached hydrogen (secondary N) is 1. The molecule has 0 radical (unpaired) electrons. The highest BCUT2D eigenvalue weighted by atomic mass is 32.1. The number of hydrogen-bond donors (Lipinski definition) is 1. The number of nitriles is 1. The average Bonchev–Trinajstić information content (AvgIpc) is 3.21. The third-order valence-corrected chi connectivity index (χ3v) is 4.24. The molecule has 0 bridgehead atoms. The number of aromatic nitrogens is 4. The number of hydrogen-bond acceptors (Lipinski definition) is 6. The zero-order valence-electron chi connectivity index (χ0n) is 12.1. The summed E-state index contributed by atoms with van der Waals surface area (Å²) < 4.78 is 15.5. The Kier molecular flexibility index (Phi) is 3.40. The maximum absolute atomic E-state index is 13.2. The molecule has 0 aliphatic carbocycles. The largest absolute Gasteiger partial charge is 0.329 e. The maximum Gasteiger partial charge on any atom is 0.188 e. The van der Waals surface area contributed by atoms with E-state index in [0.717, 1.165) is 10.2 Å². The Labute approximate surface area is 139 Å². The van der Waals surface area contributed by atoms with Crippen molar-refractivity contribution in [2.24, 2.45) is 0 Å². The van der Waals surface area contributed by atoms with E-state index in [0.29, 0.717) is 22.2 Å². The summed E-state index contributed by atoms with van der Waals surface area (Å²) in [5, 5.41) is 17.1. The van der Waals surface area contributed by atoms with Crippen LogP contribution in [-0.4, -0.2) is 19.7 Å². The molecule has 0 aliphatic rings. The molecule has 0 fully saturated rings. The highest BCUT2D eigenvalue weighted by molar-refractivity contribution is 7.22. The van der Waals surface area contributed by atoms with Crippen molar-refractivity contribution in [3.05, 3.63) is 60.3 Å². The smallest absolute Gasteiger partial charge is 0.188 e. The van der Waals surface area contributed by atoms with Gasteiger partial charge in [-0.25, -0.2) is 19.0 Å². The van der Waals surface area contributed by atoms with Crippen molar-refractivity contribution in [2.45, 2.75) is 0 Å². The van der Waals surface area contributed by atoms with Crippen LogP contribution in [-0.2, 0) is 0 Å². The summed E-state index contributed by atoms with van der Waals surface area (Å²) in [5.74, 6) is 0.170. The summed E-state index contributed by atoms with van der Waals surface area (Å²) in [7, 11) is 0. The van der Waals surface area contributed by atoms with Gasteiger partial charge in [0.2, 0.25) is 0 Å². The van der Waals surface area contributed by atoms with Gasteiger partial charge in [-0.2, -0.15) is 10.4 Å². The highest BCUT2D eigenvalue weighted by Gasteiger charge is 2.09. The topological polar surface area (TPSA) is 79.4 Å². The van der Waals surface area contributed by atoms with Gasteiger partial charge >= 0.3 is 0 Å². The van der Waals surface area contributed by atoms with Crippen molar-refractivity contribution in [3.63, 3.8) is 0 Å². The van der Waals surface area contributed by atoms with E-state index in [9.17, 15) is 4.39 Å². The lowest BCUT2D eigenvalue weighted by molar-refractivity contribution is 0.630. The third-order valence-electron chi connectivity index (χ3n) is 3.31. The lowest BCUT2D eigenvalue weighted by Gasteiger charge is -2.01. The summed E-state index contributed by atoms with van der Waals surface area (Å²) in [6.07, 6.45) is 4.94. The van der Waals surface area contributed by atoms with E-state index < -0.39 is 0 Å². The fourth-order valence-electron chi connectivity index (χ4n) is 2.25.